The number of benzene rings is 2. The molecule has 2 bridgehead atoms. The van der Waals surface area contributed by atoms with Crippen LogP contribution in [0.1, 0.15) is 93.8 Å². The molecule has 3 nitrogen and oxygen atoms in total. The van der Waals surface area contributed by atoms with Crippen molar-refractivity contribution in [2.75, 3.05) is 4.90 Å². The van der Waals surface area contributed by atoms with Crippen LogP contribution in [0.4, 0.5) is 5.69 Å². The molecule has 4 atom stereocenters. The van der Waals surface area contributed by atoms with E-state index in [4.69, 9.17) is 9.47 Å². The molecule has 3 heterocycles. The molecule has 4 aliphatic rings. The predicted octanol–water partition coefficient (Wildman–Crippen LogP) is 8.81. The third kappa shape index (κ3) is 4.99. The lowest BCUT2D eigenvalue weighted by Crippen LogP contribution is -2.42. The molecule has 0 spiro atoms. The molecule has 39 heavy (non-hydrogen) atoms. The Morgan fingerprint density at radius 2 is 1.79 bits per heavy atom. The van der Waals surface area contributed by atoms with Gasteiger partial charge in [0.05, 0.1) is 23.9 Å². The molecule has 0 saturated heterocycles. The highest BCUT2D eigenvalue weighted by molar-refractivity contribution is 5.89. The van der Waals surface area contributed by atoms with Crippen molar-refractivity contribution in [1.29, 1.82) is 0 Å². The zero-order chi connectivity index (χ0) is 27.4. The van der Waals surface area contributed by atoms with Crippen LogP contribution in [0.3, 0.4) is 0 Å². The van der Waals surface area contributed by atoms with E-state index >= 15 is 0 Å². The second kappa shape index (κ2) is 10.3. The van der Waals surface area contributed by atoms with Crippen LogP contribution in [-0.2, 0) is 22.3 Å². The molecular formula is C36H45NO2. The van der Waals surface area contributed by atoms with Crippen molar-refractivity contribution in [3.8, 4) is 0 Å². The van der Waals surface area contributed by atoms with Gasteiger partial charge in [-0.25, -0.2) is 0 Å². The highest BCUT2D eigenvalue weighted by atomic mass is 16.7. The first kappa shape index (κ1) is 26.4. The third-order valence-corrected chi connectivity index (χ3v) is 8.51. The van der Waals surface area contributed by atoms with Gasteiger partial charge in [0.2, 0.25) is 6.29 Å². The van der Waals surface area contributed by atoms with Gasteiger partial charge < -0.3 is 14.4 Å². The Hall–Kier alpha value is -2.78. The van der Waals surface area contributed by atoms with E-state index < -0.39 is 0 Å². The van der Waals surface area contributed by atoms with Gasteiger partial charge in [0, 0.05) is 17.7 Å². The first-order valence-corrected chi connectivity index (χ1v) is 15.1. The average Bonchev–Trinajstić information content (AvgIpc) is 3.14. The van der Waals surface area contributed by atoms with Crippen LogP contribution in [-0.4, -0.2) is 18.4 Å². The number of nitrogens with zero attached hydrogens (tertiary/aromatic N) is 1. The number of aryl methyl sites for hydroxylation is 1. The van der Waals surface area contributed by atoms with Gasteiger partial charge in [-0.15, -0.1) is 0 Å². The number of hydrogen-bond acceptors (Lipinski definition) is 3. The topological polar surface area (TPSA) is 21.7 Å². The van der Waals surface area contributed by atoms with Crippen LogP contribution in [0.25, 0.3) is 11.6 Å². The Morgan fingerprint density at radius 1 is 1.00 bits per heavy atom. The molecule has 3 aliphatic heterocycles. The maximum absolute atomic E-state index is 6.58. The Bertz CT molecular complexity index is 1340. The summed E-state index contributed by atoms with van der Waals surface area (Å²) >= 11 is 0. The second-order valence-corrected chi connectivity index (χ2v) is 13.4. The lowest BCUT2D eigenvalue weighted by Gasteiger charge is -2.45. The van der Waals surface area contributed by atoms with E-state index in [1.807, 2.05) is 0 Å². The number of anilines is 1. The predicted molar refractivity (Wildman–Crippen MR) is 163 cm³/mol. The zero-order valence-corrected chi connectivity index (χ0v) is 24.8. The molecule has 0 amide bonds. The summed E-state index contributed by atoms with van der Waals surface area (Å²) in [7, 11) is 0. The van der Waals surface area contributed by atoms with Crippen LogP contribution < -0.4 is 4.90 Å². The number of rotatable bonds is 7. The summed E-state index contributed by atoms with van der Waals surface area (Å²) in [5.41, 5.74) is 11.3. The Morgan fingerprint density at radius 3 is 2.54 bits per heavy atom. The van der Waals surface area contributed by atoms with Crippen LogP contribution in [0, 0.1) is 24.7 Å². The van der Waals surface area contributed by atoms with E-state index in [1.165, 1.54) is 44.6 Å². The van der Waals surface area contributed by atoms with Gasteiger partial charge in [0.15, 0.2) is 0 Å². The first-order valence-electron chi connectivity index (χ1n) is 15.1. The van der Waals surface area contributed by atoms with Crippen LogP contribution in [0.5, 0.6) is 0 Å². The lowest BCUT2D eigenvalue weighted by atomic mass is 9.83. The number of hydrogen-bond donors (Lipinski definition) is 0. The fourth-order valence-electron chi connectivity index (χ4n) is 7.21. The molecule has 0 saturated carbocycles. The maximum Gasteiger partial charge on any atom is 0.220 e. The Balaban J connectivity index is 1.43. The quantitative estimate of drug-likeness (QED) is 0.362. The summed E-state index contributed by atoms with van der Waals surface area (Å²) in [5, 5.41) is 0. The molecule has 0 N–H and O–H groups in total. The molecular weight excluding hydrogens is 478 g/mol. The smallest absolute Gasteiger partial charge is 0.220 e. The molecule has 2 aromatic carbocycles. The number of ether oxygens (including phenoxy) is 2. The Labute approximate surface area is 235 Å². The van der Waals surface area contributed by atoms with E-state index in [0.29, 0.717) is 17.8 Å². The van der Waals surface area contributed by atoms with E-state index in [1.54, 1.807) is 0 Å². The standard InChI is InChI=1S/C36H45NO2/c1-21(2)13-25-9-8-10-32-29(25)11-12-33-30-17-24(7)16-26-18-34(37(32)33)31(36(26)30)20-35-38-27(14-22(3)4)19-28(39-35)15-23(5)6/h8-12,16-17,19-23,27,33-35H,13-15,18H2,1-7H3/b31-20+. The zero-order valence-electron chi connectivity index (χ0n) is 24.8. The summed E-state index contributed by atoms with van der Waals surface area (Å²) in [6.07, 6.45) is 13.2. The third-order valence-electron chi connectivity index (χ3n) is 8.51. The van der Waals surface area contributed by atoms with Crippen molar-refractivity contribution in [2.45, 2.75) is 98.6 Å². The van der Waals surface area contributed by atoms with Crippen LogP contribution in [0.15, 0.2) is 54.3 Å². The molecule has 1 aliphatic carbocycles. The van der Waals surface area contributed by atoms with Crippen molar-refractivity contribution in [3.63, 3.8) is 0 Å². The van der Waals surface area contributed by atoms with Crippen molar-refractivity contribution in [1.82, 2.24) is 0 Å². The summed E-state index contributed by atoms with van der Waals surface area (Å²) in [5.74, 6) is 2.84. The van der Waals surface area contributed by atoms with E-state index in [-0.39, 0.29) is 24.5 Å². The molecule has 0 fully saturated rings. The second-order valence-electron chi connectivity index (χ2n) is 13.4. The minimum Gasteiger partial charge on any atom is -0.466 e. The normalized spacial score (nSPS) is 25.8. The molecule has 2 aromatic rings. The van der Waals surface area contributed by atoms with Gasteiger partial charge in [-0.05, 0) is 90.0 Å². The van der Waals surface area contributed by atoms with Gasteiger partial charge >= 0.3 is 0 Å². The van der Waals surface area contributed by atoms with E-state index in [0.717, 1.165) is 31.4 Å². The fourth-order valence-corrected chi connectivity index (χ4v) is 7.21. The molecule has 0 radical (unpaired) electrons. The van der Waals surface area contributed by atoms with Gasteiger partial charge in [-0.3, -0.25) is 0 Å². The van der Waals surface area contributed by atoms with Crippen molar-refractivity contribution < 1.29 is 9.47 Å². The van der Waals surface area contributed by atoms with Crippen molar-refractivity contribution >= 4 is 17.3 Å². The van der Waals surface area contributed by atoms with Gasteiger partial charge in [0.1, 0.15) is 0 Å². The van der Waals surface area contributed by atoms with Crippen LogP contribution >= 0.6 is 0 Å². The van der Waals surface area contributed by atoms with Crippen molar-refractivity contribution in [2.24, 2.45) is 17.8 Å². The molecule has 206 valence electrons. The Kier molecular flexibility index (Phi) is 7.00. The van der Waals surface area contributed by atoms with Crippen molar-refractivity contribution in [3.05, 3.63) is 87.7 Å². The molecule has 0 aromatic heterocycles. The summed E-state index contributed by atoms with van der Waals surface area (Å²) in [6, 6.07) is 12.3. The maximum atomic E-state index is 6.58. The largest absolute Gasteiger partial charge is 0.466 e. The first-order chi connectivity index (χ1) is 18.7. The summed E-state index contributed by atoms with van der Waals surface area (Å²) in [4.78, 5) is 2.69. The highest BCUT2D eigenvalue weighted by Crippen LogP contribution is 2.53. The fraction of sp³-hybridized carbons (Fsp3) is 0.500. The van der Waals surface area contributed by atoms with E-state index in [9.17, 15) is 0 Å². The number of allylic oxidation sites excluding steroid dienone is 1. The highest BCUT2D eigenvalue weighted by Gasteiger charge is 2.45. The van der Waals surface area contributed by atoms with Crippen LogP contribution in [0.2, 0.25) is 0 Å². The summed E-state index contributed by atoms with van der Waals surface area (Å²) < 4.78 is 13.1. The average molecular weight is 524 g/mol. The van der Waals surface area contributed by atoms with E-state index in [2.05, 4.69) is 108 Å². The summed E-state index contributed by atoms with van der Waals surface area (Å²) in [6.45, 7) is 15.9. The minimum absolute atomic E-state index is 0.0964. The van der Waals surface area contributed by atoms with Gasteiger partial charge in [-0.2, -0.15) is 0 Å². The monoisotopic (exact) mass is 523 g/mol. The SMILES string of the molecule is Cc1cc2c3c(c1)C1C=Cc4c(CC(C)C)cccc4N1C(C2)/C3=C\C1OC(CC(C)C)=CC(CC(C)C)O1. The number of fused-ring (bicyclic) bond motifs is 6. The van der Waals surface area contributed by atoms with Gasteiger partial charge in [0.25, 0.3) is 0 Å². The molecule has 3 heteroatoms. The van der Waals surface area contributed by atoms with Gasteiger partial charge in [-0.1, -0.05) is 83.5 Å². The minimum atomic E-state index is -0.353. The molecule has 4 unspecified atom stereocenters. The lowest BCUT2D eigenvalue weighted by molar-refractivity contribution is -0.131. The molecule has 6 rings (SSSR count).